The summed E-state index contributed by atoms with van der Waals surface area (Å²) in [5.41, 5.74) is 3.28. The third-order valence-corrected chi connectivity index (χ3v) is 3.28. The molecule has 1 fully saturated rings. The fourth-order valence-electron chi connectivity index (χ4n) is 2.23. The molecule has 0 unspecified atom stereocenters. The summed E-state index contributed by atoms with van der Waals surface area (Å²) < 4.78 is 0. The van der Waals surface area contributed by atoms with Gasteiger partial charge in [0.2, 0.25) is 11.9 Å². The van der Waals surface area contributed by atoms with E-state index in [9.17, 15) is 4.79 Å². The summed E-state index contributed by atoms with van der Waals surface area (Å²) in [7, 11) is 0. The van der Waals surface area contributed by atoms with E-state index in [-0.39, 0.29) is 5.91 Å². The van der Waals surface area contributed by atoms with Gasteiger partial charge in [-0.15, -0.1) is 0 Å². The molecule has 18 heavy (non-hydrogen) atoms. The molecule has 1 saturated heterocycles. The molecule has 1 aliphatic rings. The number of carbonyl (C=O) groups excluding carboxylic acids is 1. The van der Waals surface area contributed by atoms with Crippen LogP contribution in [0.1, 0.15) is 12.5 Å². The summed E-state index contributed by atoms with van der Waals surface area (Å²) >= 11 is 0. The maximum Gasteiger partial charge on any atom is 0.239 e. The number of imidazole rings is 1. The van der Waals surface area contributed by atoms with E-state index in [0.29, 0.717) is 13.1 Å². The number of piperazine rings is 1. The fraction of sp³-hybridized carbons (Fsp3) is 0.385. The van der Waals surface area contributed by atoms with Crippen molar-refractivity contribution in [1.82, 2.24) is 15.3 Å². The molecule has 0 atom stereocenters. The van der Waals surface area contributed by atoms with Gasteiger partial charge in [-0.1, -0.05) is 13.0 Å². The van der Waals surface area contributed by atoms with E-state index in [1.165, 1.54) is 5.56 Å². The van der Waals surface area contributed by atoms with Gasteiger partial charge >= 0.3 is 0 Å². The molecule has 1 aromatic carbocycles. The van der Waals surface area contributed by atoms with E-state index in [1.807, 2.05) is 11.0 Å². The summed E-state index contributed by atoms with van der Waals surface area (Å²) in [4.78, 5) is 21.2. The number of aryl methyl sites for hydroxylation is 1. The van der Waals surface area contributed by atoms with Crippen LogP contribution >= 0.6 is 0 Å². The zero-order valence-corrected chi connectivity index (χ0v) is 10.4. The Balaban J connectivity index is 1.94. The molecule has 94 valence electrons. The van der Waals surface area contributed by atoms with Crippen molar-refractivity contribution in [1.29, 1.82) is 0 Å². The molecule has 2 aromatic rings. The fourth-order valence-corrected chi connectivity index (χ4v) is 2.23. The molecule has 1 aromatic heterocycles. The van der Waals surface area contributed by atoms with Gasteiger partial charge < -0.3 is 15.2 Å². The van der Waals surface area contributed by atoms with E-state index in [2.05, 4.69) is 34.3 Å². The predicted octanol–water partition coefficient (Wildman–Crippen LogP) is 1.06. The molecule has 1 amide bonds. The number of benzene rings is 1. The van der Waals surface area contributed by atoms with Crippen LogP contribution in [0, 0.1) is 0 Å². The van der Waals surface area contributed by atoms with Crippen LogP contribution in [-0.4, -0.2) is 35.5 Å². The molecule has 0 saturated carbocycles. The smallest absolute Gasteiger partial charge is 0.239 e. The van der Waals surface area contributed by atoms with Crippen LogP contribution in [0.4, 0.5) is 5.95 Å². The number of anilines is 1. The molecular formula is C13H16N4O. The molecule has 0 radical (unpaired) electrons. The third-order valence-electron chi connectivity index (χ3n) is 3.28. The van der Waals surface area contributed by atoms with Crippen molar-refractivity contribution in [2.24, 2.45) is 0 Å². The Kier molecular flexibility index (Phi) is 2.66. The number of hydrogen-bond donors (Lipinski definition) is 2. The van der Waals surface area contributed by atoms with Gasteiger partial charge in [-0.3, -0.25) is 4.79 Å². The highest BCUT2D eigenvalue weighted by atomic mass is 16.2. The number of aromatic nitrogens is 2. The summed E-state index contributed by atoms with van der Waals surface area (Å²) in [6.45, 7) is 3.98. The van der Waals surface area contributed by atoms with Crippen LogP contribution in [0.5, 0.6) is 0 Å². The van der Waals surface area contributed by atoms with Crippen LogP contribution in [-0.2, 0) is 11.2 Å². The number of amides is 1. The highest BCUT2D eigenvalue weighted by molar-refractivity contribution is 5.83. The Morgan fingerprint density at radius 1 is 1.44 bits per heavy atom. The topological polar surface area (TPSA) is 61.0 Å². The van der Waals surface area contributed by atoms with Gasteiger partial charge in [-0.2, -0.15) is 0 Å². The number of rotatable bonds is 2. The molecule has 2 heterocycles. The van der Waals surface area contributed by atoms with Crippen molar-refractivity contribution in [3.63, 3.8) is 0 Å². The lowest BCUT2D eigenvalue weighted by Gasteiger charge is -2.25. The van der Waals surface area contributed by atoms with Gasteiger partial charge in [-0.05, 0) is 24.1 Å². The lowest BCUT2D eigenvalue weighted by atomic mass is 10.1. The number of nitrogens with zero attached hydrogens (tertiary/aromatic N) is 2. The van der Waals surface area contributed by atoms with Gasteiger partial charge in [0.1, 0.15) is 0 Å². The Labute approximate surface area is 105 Å². The van der Waals surface area contributed by atoms with Gasteiger partial charge in [0.25, 0.3) is 0 Å². The van der Waals surface area contributed by atoms with Crippen molar-refractivity contribution in [2.75, 3.05) is 24.5 Å². The molecule has 5 nitrogen and oxygen atoms in total. The first-order chi connectivity index (χ1) is 8.76. The van der Waals surface area contributed by atoms with Crippen LogP contribution in [0.3, 0.4) is 0 Å². The minimum Gasteiger partial charge on any atom is -0.353 e. The largest absolute Gasteiger partial charge is 0.353 e. The second-order valence-electron chi connectivity index (χ2n) is 4.54. The molecule has 1 aliphatic heterocycles. The summed E-state index contributed by atoms with van der Waals surface area (Å²) in [5, 5.41) is 2.81. The van der Waals surface area contributed by atoms with Crippen LogP contribution in [0.15, 0.2) is 18.2 Å². The standard InChI is InChI=1S/C13H16N4O/c1-2-9-3-4-10-11(7-9)16-13(15-10)17-6-5-14-12(18)8-17/h3-4,7H,2,5-6,8H2,1H3,(H,14,18)(H,15,16). The first kappa shape index (κ1) is 11.1. The Bertz CT molecular complexity index is 590. The second-order valence-corrected chi connectivity index (χ2v) is 4.54. The van der Waals surface area contributed by atoms with E-state index < -0.39 is 0 Å². The minimum absolute atomic E-state index is 0.0518. The van der Waals surface area contributed by atoms with Crippen molar-refractivity contribution in [2.45, 2.75) is 13.3 Å². The van der Waals surface area contributed by atoms with Crippen LogP contribution in [0.25, 0.3) is 11.0 Å². The van der Waals surface area contributed by atoms with Gasteiger partial charge in [0, 0.05) is 13.1 Å². The number of fused-ring (bicyclic) bond motifs is 1. The number of aromatic amines is 1. The normalized spacial score (nSPS) is 16.1. The highest BCUT2D eigenvalue weighted by Gasteiger charge is 2.19. The number of H-pyrrole nitrogens is 1. The molecule has 0 aliphatic carbocycles. The number of hydrogen-bond acceptors (Lipinski definition) is 3. The van der Waals surface area contributed by atoms with E-state index in [4.69, 9.17) is 0 Å². The average Bonchev–Trinajstić information content (AvgIpc) is 2.81. The Morgan fingerprint density at radius 2 is 2.33 bits per heavy atom. The maximum atomic E-state index is 11.4. The minimum atomic E-state index is 0.0518. The first-order valence-electron chi connectivity index (χ1n) is 6.26. The third kappa shape index (κ3) is 1.92. The van der Waals surface area contributed by atoms with Gasteiger partial charge in [0.15, 0.2) is 0 Å². The van der Waals surface area contributed by atoms with E-state index in [0.717, 1.165) is 29.9 Å². The van der Waals surface area contributed by atoms with Gasteiger partial charge in [0.05, 0.1) is 17.6 Å². The number of nitrogens with one attached hydrogen (secondary N) is 2. The highest BCUT2D eigenvalue weighted by Crippen LogP contribution is 2.19. The Morgan fingerprint density at radius 3 is 3.11 bits per heavy atom. The average molecular weight is 244 g/mol. The second kappa shape index (κ2) is 4.33. The van der Waals surface area contributed by atoms with Crippen molar-refractivity contribution >= 4 is 22.9 Å². The van der Waals surface area contributed by atoms with E-state index in [1.54, 1.807) is 0 Å². The van der Waals surface area contributed by atoms with Gasteiger partial charge in [-0.25, -0.2) is 4.98 Å². The molecule has 0 spiro atoms. The van der Waals surface area contributed by atoms with E-state index >= 15 is 0 Å². The molecule has 3 rings (SSSR count). The van der Waals surface area contributed by atoms with Crippen molar-refractivity contribution < 1.29 is 4.79 Å². The lowest BCUT2D eigenvalue weighted by molar-refractivity contribution is -0.120. The number of carbonyl (C=O) groups is 1. The van der Waals surface area contributed by atoms with Crippen molar-refractivity contribution in [3.05, 3.63) is 23.8 Å². The SMILES string of the molecule is CCc1ccc2nc(N3CCNC(=O)C3)[nH]c2c1. The Hall–Kier alpha value is -2.04. The van der Waals surface area contributed by atoms with Crippen molar-refractivity contribution in [3.8, 4) is 0 Å². The molecule has 5 heteroatoms. The zero-order valence-electron chi connectivity index (χ0n) is 10.4. The lowest BCUT2D eigenvalue weighted by Crippen LogP contribution is -2.48. The quantitative estimate of drug-likeness (QED) is 0.830. The molecular weight excluding hydrogens is 228 g/mol. The maximum absolute atomic E-state index is 11.4. The van der Waals surface area contributed by atoms with Crippen LogP contribution in [0.2, 0.25) is 0 Å². The first-order valence-corrected chi connectivity index (χ1v) is 6.26. The predicted molar refractivity (Wildman–Crippen MR) is 70.7 cm³/mol. The molecule has 0 bridgehead atoms. The zero-order chi connectivity index (χ0) is 12.5. The molecule has 2 N–H and O–H groups in total. The van der Waals surface area contributed by atoms with Crippen LogP contribution < -0.4 is 10.2 Å². The summed E-state index contributed by atoms with van der Waals surface area (Å²) in [5.74, 6) is 0.837. The summed E-state index contributed by atoms with van der Waals surface area (Å²) in [6.07, 6.45) is 1.01. The monoisotopic (exact) mass is 244 g/mol. The summed E-state index contributed by atoms with van der Waals surface area (Å²) in [6, 6.07) is 6.24.